The van der Waals surface area contributed by atoms with Crippen LogP contribution in [0.1, 0.15) is 0 Å². The SMILES string of the molecule is C=CC(=C)CS(=O)(=O)O.c1ccncc1. The number of rotatable bonds is 3. The number of nitrogens with zero attached hydrogens (tertiary/aromatic N) is 1. The van der Waals surface area contributed by atoms with E-state index in [0.717, 1.165) is 0 Å². The number of pyridine rings is 1. The van der Waals surface area contributed by atoms with E-state index < -0.39 is 15.9 Å². The van der Waals surface area contributed by atoms with Crippen LogP contribution in [0, 0.1) is 0 Å². The van der Waals surface area contributed by atoms with Gasteiger partial charge in [-0.05, 0) is 17.7 Å². The molecule has 0 saturated heterocycles. The van der Waals surface area contributed by atoms with E-state index >= 15 is 0 Å². The van der Waals surface area contributed by atoms with Crippen molar-refractivity contribution in [3.05, 3.63) is 55.4 Å². The first-order valence-corrected chi connectivity index (χ1v) is 5.67. The minimum atomic E-state index is -3.91. The van der Waals surface area contributed by atoms with E-state index in [1.807, 2.05) is 18.2 Å². The molecule has 0 unspecified atom stereocenters. The van der Waals surface area contributed by atoms with Gasteiger partial charge in [0.15, 0.2) is 0 Å². The van der Waals surface area contributed by atoms with E-state index in [2.05, 4.69) is 18.1 Å². The monoisotopic (exact) mass is 227 g/mol. The van der Waals surface area contributed by atoms with E-state index in [0.29, 0.717) is 0 Å². The van der Waals surface area contributed by atoms with Crippen LogP contribution in [0.15, 0.2) is 55.4 Å². The molecule has 0 radical (unpaired) electrons. The van der Waals surface area contributed by atoms with Gasteiger partial charge in [-0.15, -0.1) is 0 Å². The van der Waals surface area contributed by atoms with Crippen LogP contribution < -0.4 is 0 Å². The Kier molecular flexibility index (Phi) is 6.24. The van der Waals surface area contributed by atoms with Crippen LogP contribution in [0.3, 0.4) is 0 Å². The number of hydrogen-bond acceptors (Lipinski definition) is 3. The lowest BCUT2D eigenvalue weighted by molar-refractivity contribution is 0.486. The van der Waals surface area contributed by atoms with Crippen molar-refractivity contribution in [2.75, 3.05) is 5.75 Å². The van der Waals surface area contributed by atoms with Gasteiger partial charge in [-0.1, -0.05) is 25.3 Å². The van der Waals surface area contributed by atoms with Crippen molar-refractivity contribution in [2.24, 2.45) is 0 Å². The normalized spacial score (nSPS) is 9.67. The minimum absolute atomic E-state index is 0.289. The lowest BCUT2D eigenvalue weighted by Gasteiger charge is -1.92. The first kappa shape index (κ1) is 13.5. The van der Waals surface area contributed by atoms with Crippen LogP contribution in [0.25, 0.3) is 0 Å². The van der Waals surface area contributed by atoms with Gasteiger partial charge in [0.05, 0.1) is 5.75 Å². The fourth-order valence-corrected chi connectivity index (χ4v) is 1.19. The van der Waals surface area contributed by atoms with Crippen LogP contribution in [0.5, 0.6) is 0 Å². The van der Waals surface area contributed by atoms with E-state index in [9.17, 15) is 8.42 Å². The smallest absolute Gasteiger partial charge is 0.269 e. The summed E-state index contributed by atoms with van der Waals surface area (Å²) in [6, 6.07) is 5.72. The maximum Gasteiger partial charge on any atom is 0.269 e. The molecule has 1 heterocycles. The molecule has 0 fully saturated rings. The molecule has 0 spiro atoms. The lowest BCUT2D eigenvalue weighted by atomic mass is 10.4. The van der Waals surface area contributed by atoms with Crippen molar-refractivity contribution in [3.8, 4) is 0 Å². The van der Waals surface area contributed by atoms with Gasteiger partial charge in [-0.2, -0.15) is 8.42 Å². The molecule has 1 aromatic heterocycles. The van der Waals surface area contributed by atoms with Gasteiger partial charge in [0.25, 0.3) is 10.1 Å². The van der Waals surface area contributed by atoms with Gasteiger partial charge >= 0.3 is 0 Å². The maximum atomic E-state index is 10.0. The van der Waals surface area contributed by atoms with E-state index in [1.54, 1.807) is 12.4 Å². The molecule has 1 rings (SSSR count). The second kappa shape index (κ2) is 6.92. The molecule has 0 aliphatic heterocycles. The average molecular weight is 227 g/mol. The average Bonchev–Trinajstić information content (AvgIpc) is 2.19. The summed E-state index contributed by atoms with van der Waals surface area (Å²) < 4.78 is 28.3. The second-order valence-corrected chi connectivity index (χ2v) is 4.07. The van der Waals surface area contributed by atoms with Gasteiger partial charge in [0.1, 0.15) is 0 Å². The summed E-state index contributed by atoms with van der Waals surface area (Å²) in [4.78, 5) is 3.78. The van der Waals surface area contributed by atoms with Crippen LogP contribution in [0.4, 0.5) is 0 Å². The summed E-state index contributed by atoms with van der Waals surface area (Å²) in [5.74, 6) is -0.434. The zero-order valence-electron chi connectivity index (χ0n) is 8.20. The molecule has 0 bridgehead atoms. The summed E-state index contributed by atoms with van der Waals surface area (Å²) in [7, 11) is -3.91. The van der Waals surface area contributed by atoms with E-state index in [4.69, 9.17) is 4.55 Å². The highest BCUT2D eigenvalue weighted by atomic mass is 32.2. The van der Waals surface area contributed by atoms with Crippen molar-refractivity contribution >= 4 is 10.1 Å². The fourth-order valence-electron chi connectivity index (χ4n) is 0.606. The standard InChI is InChI=1S/C5H5N.C5H8O3S/c1-2-4-6-5-3-1;1-3-5(2)4-9(6,7)8/h1-5H;3H,1-2,4H2,(H,6,7,8). The Hall–Kier alpha value is -1.46. The summed E-state index contributed by atoms with van der Waals surface area (Å²) in [6.45, 7) is 6.57. The van der Waals surface area contributed by atoms with Gasteiger partial charge in [0, 0.05) is 12.4 Å². The highest BCUT2D eigenvalue weighted by molar-refractivity contribution is 7.86. The predicted octanol–water partition coefficient (Wildman–Crippen LogP) is 1.70. The van der Waals surface area contributed by atoms with Gasteiger partial charge in [-0.25, -0.2) is 0 Å². The molecule has 4 nitrogen and oxygen atoms in total. The fraction of sp³-hybridized carbons (Fsp3) is 0.100. The van der Waals surface area contributed by atoms with Gasteiger partial charge < -0.3 is 0 Å². The molecular formula is C10H13NO3S. The van der Waals surface area contributed by atoms with Crippen LogP contribution in [-0.2, 0) is 10.1 Å². The van der Waals surface area contributed by atoms with Gasteiger partial charge in [0.2, 0.25) is 0 Å². The molecule has 82 valence electrons. The number of aromatic nitrogens is 1. The minimum Gasteiger partial charge on any atom is -0.285 e. The molecule has 0 aromatic carbocycles. The van der Waals surface area contributed by atoms with Crippen molar-refractivity contribution < 1.29 is 13.0 Å². The third kappa shape index (κ3) is 10.5. The predicted molar refractivity (Wildman–Crippen MR) is 60.0 cm³/mol. The van der Waals surface area contributed by atoms with Crippen molar-refractivity contribution in [3.63, 3.8) is 0 Å². The molecule has 1 N–H and O–H groups in total. The molecule has 0 aliphatic rings. The molecule has 0 aliphatic carbocycles. The summed E-state index contributed by atoms with van der Waals surface area (Å²) in [5.41, 5.74) is 0.289. The van der Waals surface area contributed by atoms with Crippen LogP contribution in [0.2, 0.25) is 0 Å². The molecular weight excluding hydrogens is 214 g/mol. The van der Waals surface area contributed by atoms with Crippen LogP contribution in [-0.4, -0.2) is 23.7 Å². The maximum absolute atomic E-state index is 10.0. The Bertz CT molecular complexity index is 371. The Morgan fingerprint density at radius 1 is 1.33 bits per heavy atom. The molecule has 1 aromatic rings. The third-order valence-electron chi connectivity index (χ3n) is 1.22. The Morgan fingerprint density at radius 2 is 1.87 bits per heavy atom. The molecule has 0 amide bonds. The molecule has 15 heavy (non-hydrogen) atoms. The zero-order valence-corrected chi connectivity index (χ0v) is 9.02. The largest absolute Gasteiger partial charge is 0.285 e. The van der Waals surface area contributed by atoms with Gasteiger partial charge in [-0.3, -0.25) is 9.54 Å². The zero-order chi connectivity index (χ0) is 11.7. The topological polar surface area (TPSA) is 67.3 Å². The first-order chi connectivity index (χ1) is 6.95. The Labute approximate surface area is 89.7 Å². The quantitative estimate of drug-likeness (QED) is 0.630. The van der Waals surface area contributed by atoms with Crippen molar-refractivity contribution in [1.82, 2.24) is 4.98 Å². The van der Waals surface area contributed by atoms with E-state index in [1.165, 1.54) is 6.08 Å². The van der Waals surface area contributed by atoms with Crippen LogP contribution >= 0.6 is 0 Å². The number of hydrogen-bond donors (Lipinski definition) is 1. The lowest BCUT2D eigenvalue weighted by Crippen LogP contribution is -2.03. The third-order valence-corrected chi connectivity index (χ3v) is 1.96. The highest BCUT2D eigenvalue weighted by Gasteiger charge is 2.03. The summed E-state index contributed by atoms with van der Waals surface area (Å²) in [5, 5.41) is 0. The van der Waals surface area contributed by atoms with Crippen molar-refractivity contribution in [2.45, 2.75) is 0 Å². The summed E-state index contributed by atoms with van der Waals surface area (Å²) >= 11 is 0. The molecule has 0 saturated carbocycles. The molecule has 5 heteroatoms. The second-order valence-electron chi connectivity index (χ2n) is 2.61. The first-order valence-electron chi connectivity index (χ1n) is 4.06. The Morgan fingerprint density at radius 3 is 2.00 bits per heavy atom. The highest BCUT2D eigenvalue weighted by Crippen LogP contribution is 1.94. The Balaban J connectivity index is 0.000000280. The molecule has 0 atom stereocenters. The number of allylic oxidation sites excluding steroid dienone is 1. The van der Waals surface area contributed by atoms with Crippen molar-refractivity contribution in [1.29, 1.82) is 0 Å². The van der Waals surface area contributed by atoms with E-state index in [-0.39, 0.29) is 5.57 Å². The summed E-state index contributed by atoms with van der Waals surface area (Å²) in [6.07, 6.45) is 4.79.